The number of benzene rings is 3. The van der Waals surface area contributed by atoms with Crippen molar-refractivity contribution in [1.29, 1.82) is 0 Å². The van der Waals surface area contributed by atoms with Crippen LogP contribution in [0.15, 0.2) is 66.7 Å². The average molecular weight is 301 g/mol. The Morgan fingerprint density at radius 1 is 0.913 bits per heavy atom. The highest BCUT2D eigenvalue weighted by atomic mass is 16.1. The number of amides is 1. The molecule has 2 nitrogen and oxygen atoms in total. The summed E-state index contributed by atoms with van der Waals surface area (Å²) < 4.78 is 0. The van der Waals surface area contributed by atoms with E-state index < -0.39 is 0 Å². The Bertz CT molecular complexity index is 888. The SMILES string of the molecule is Cc1ccccc1C(=O)NC1(c2cccc3ccccc23)CC1. The number of nitrogens with one attached hydrogen (secondary N) is 1. The molecule has 1 fully saturated rings. The maximum atomic E-state index is 12.7. The Kier molecular flexibility index (Phi) is 3.19. The van der Waals surface area contributed by atoms with E-state index in [1.54, 1.807) is 0 Å². The molecule has 0 aromatic heterocycles. The van der Waals surface area contributed by atoms with Crippen molar-refractivity contribution in [2.45, 2.75) is 25.3 Å². The molecular weight excluding hydrogens is 282 g/mol. The van der Waals surface area contributed by atoms with E-state index in [-0.39, 0.29) is 11.4 Å². The zero-order chi connectivity index (χ0) is 15.9. The first kappa shape index (κ1) is 14.0. The molecule has 0 radical (unpaired) electrons. The standard InChI is InChI=1S/C21H19NO/c1-15-7-2-4-10-17(15)20(23)22-21(13-14-21)19-12-6-9-16-8-3-5-11-18(16)19/h2-12H,13-14H2,1H3,(H,22,23). The van der Waals surface area contributed by atoms with Crippen molar-refractivity contribution in [1.82, 2.24) is 5.32 Å². The number of carbonyl (C=O) groups excluding carboxylic acids is 1. The third kappa shape index (κ3) is 2.40. The molecule has 1 aliphatic carbocycles. The van der Waals surface area contributed by atoms with Gasteiger partial charge in [0.2, 0.25) is 0 Å². The van der Waals surface area contributed by atoms with Crippen molar-refractivity contribution < 1.29 is 4.79 Å². The van der Waals surface area contributed by atoms with Crippen molar-refractivity contribution >= 4 is 16.7 Å². The lowest BCUT2D eigenvalue weighted by Gasteiger charge is -2.20. The lowest BCUT2D eigenvalue weighted by Crippen LogP contribution is -2.35. The summed E-state index contributed by atoms with van der Waals surface area (Å²) >= 11 is 0. The van der Waals surface area contributed by atoms with Gasteiger partial charge in [0.15, 0.2) is 0 Å². The van der Waals surface area contributed by atoms with E-state index in [9.17, 15) is 4.79 Å². The molecule has 0 unspecified atom stereocenters. The molecule has 1 amide bonds. The molecule has 1 N–H and O–H groups in total. The van der Waals surface area contributed by atoms with Crippen molar-refractivity contribution in [3.8, 4) is 0 Å². The molecule has 1 aliphatic rings. The number of hydrogen-bond donors (Lipinski definition) is 1. The van der Waals surface area contributed by atoms with Gasteiger partial charge in [0.05, 0.1) is 5.54 Å². The molecule has 3 aromatic carbocycles. The van der Waals surface area contributed by atoms with E-state index in [0.29, 0.717) is 0 Å². The van der Waals surface area contributed by atoms with Gasteiger partial charge in [0.1, 0.15) is 0 Å². The Balaban J connectivity index is 1.71. The van der Waals surface area contributed by atoms with Crippen LogP contribution < -0.4 is 5.32 Å². The maximum absolute atomic E-state index is 12.7. The van der Waals surface area contributed by atoms with Gasteiger partial charge in [-0.3, -0.25) is 4.79 Å². The second kappa shape index (κ2) is 5.24. The molecule has 23 heavy (non-hydrogen) atoms. The molecule has 4 rings (SSSR count). The van der Waals surface area contributed by atoms with E-state index in [4.69, 9.17) is 0 Å². The van der Waals surface area contributed by atoms with Gasteiger partial charge in [-0.1, -0.05) is 60.7 Å². The summed E-state index contributed by atoms with van der Waals surface area (Å²) in [6.45, 7) is 1.98. The molecule has 0 aliphatic heterocycles. The zero-order valence-electron chi connectivity index (χ0n) is 13.2. The first-order valence-corrected chi connectivity index (χ1v) is 8.06. The molecule has 0 atom stereocenters. The maximum Gasteiger partial charge on any atom is 0.252 e. The first-order chi connectivity index (χ1) is 11.2. The molecular formula is C21H19NO. The van der Waals surface area contributed by atoms with Crippen molar-refractivity contribution in [3.05, 3.63) is 83.4 Å². The summed E-state index contributed by atoms with van der Waals surface area (Å²) in [6, 6.07) is 22.5. The predicted octanol–water partition coefficient (Wildman–Crippen LogP) is 4.57. The first-order valence-electron chi connectivity index (χ1n) is 8.06. The van der Waals surface area contributed by atoms with Crippen molar-refractivity contribution in [2.75, 3.05) is 0 Å². The second-order valence-corrected chi connectivity index (χ2v) is 6.38. The molecule has 0 bridgehead atoms. The Morgan fingerprint density at radius 3 is 2.39 bits per heavy atom. The summed E-state index contributed by atoms with van der Waals surface area (Å²) in [5.74, 6) is 0.0218. The molecule has 3 aromatic rings. The fraction of sp³-hybridized carbons (Fsp3) is 0.190. The van der Waals surface area contributed by atoms with Crippen LogP contribution in [-0.4, -0.2) is 5.91 Å². The van der Waals surface area contributed by atoms with Crippen LogP contribution in [0.5, 0.6) is 0 Å². The number of rotatable bonds is 3. The van der Waals surface area contributed by atoms with Gasteiger partial charge in [-0.25, -0.2) is 0 Å². The summed E-state index contributed by atoms with van der Waals surface area (Å²) in [4.78, 5) is 12.7. The summed E-state index contributed by atoms with van der Waals surface area (Å²) in [5.41, 5.74) is 2.80. The second-order valence-electron chi connectivity index (χ2n) is 6.38. The van der Waals surface area contributed by atoms with E-state index in [2.05, 4.69) is 47.8 Å². The van der Waals surface area contributed by atoms with Gasteiger partial charge in [-0.05, 0) is 47.7 Å². The fourth-order valence-electron chi connectivity index (χ4n) is 3.34. The Morgan fingerprint density at radius 2 is 1.61 bits per heavy atom. The predicted molar refractivity (Wildman–Crippen MR) is 93.5 cm³/mol. The van der Waals surface area contributed by atoms with Gasteiger partial charge in [0.25, 0.3) is 5.91 Å². The lowest BCUT2D eigenvalue weighted by atomic mass is 9.96. The highest BCUT2D eigenvalue weighted by Crippen LogP contribution is 2.48. The Labute approximate surface area is 136 Å². The lowest BCUT2D eigenvalue weighted by molar-refractivity contribution is 0.0930. The van der Waals surface area contributed by atoms with Gasteiger partial charge in [-0.2, -0.15) is 0 Å². The van der Waals surface area contributed by atoms with E-state index in [1.807, 2.05) is 31.2 Å². The van der Waals surface area contributed by atoms with Crippen LogP contribution >= 0.6 is 0 Å². The van der Waals surface area contributed by atoms with Crippen molar-refractivity contribution in [3.63, 3.8) is 0 Å². The normalized spacial score (nSPS) is 15.3. The van der Waals surface area contributed by atoms with Crippen LogP contribution in [0, 0.1) is 6.92 Å². The topological polar surface area (TPSA) is 29.1 Å². The fourth-order valence-corrected chi connectivity index (χ4v) is 3.34. The molecule has 0 spiro atoms. The van der Waals surface area contributed by atoms with Crippen LogP contribution in [0.4, 0.5) is 0 Å². The average Bonchev–Trinajstić information content (AvgIpc) is 3.35. The van der Waals surface area contributed by atoms with Crippen LogP contribution in [0.3, 0.4) is 0 Å². The molecule has 114 valence electrons. The highest BCUT2D eigenvalue weighted by molar-refractivity contribution is 5.97. The number of aryl methyl sites for hydroxylation is 1. The van der Waals surface area contributed by atoms with Crippen LogP contribution in [-0.2, 0) is 5.54 Å². The van der Waals surface area contributed by atoms with Crippen LogP contribution in [0.1, 0.15) is 34.3 Å². The van der Waals surface area contributed by atoms with E-state index in [1.165, 1.54) is 16.3 Å². The van der Waals surface area contributed by atoms with Gasteiger partial charge in [-0.15, -0.1) is 0 Å². The molecule has 2 heteroatoms. The third-order valence-corrected chi connectivity index (χ3v) is 4.80. The van der Waals surface area contributed by atoms with Gasteiger partial charge < -0.3 is 5.32 Å². The number of fused-ring (bicyclic) bond motifs is 1. The molecule has 0 heterocycles. The summed E-state index contributed by atoms with van der Waals surface area (Å²) in [6.07, 6.45) is 2.00. The van der Waals surface area contributed by atoms with Gasteiger partial charge >= 0.3 is 0 Å². The third-order valence-electron chi connectivity index (χ3n) is 4.80. The van der Waals surface area contributed by atoms with Crippen LogP contribution in [0.25, 0.3) is 10.8 Å². The molecule has 0 saturated heterocycles. The van der Waals surface area contributed by atoms with E-state index in [0.717, 1.165) is 24.0 Å². The highest BCUT2D eigenvalue weighted by Gasteiger charge is 2.46. The summed E-state index contributed by atoms with van der Waals surface area (Å²) in [7, 11) is 0. The molecule has 1 saturated carbocycles. The largest absolute Gasteiger partial charge is 0.342 e. The van der Waals surface area contributed by atoms with E-state index >= 15 is 0 Å². The number of hydrogen-bond acceptors (Lipinski definition) is 1. The number of carbonyl (C=O) groups is 1. The minimum absolute atomic E-state index is 0.0218. The Hall–Kier alpha value is -2.61. The summed E-state index contributed by atoms with van der Waals surface area (Å²) in [5, 5.41) is 5.75. The minimum atomic E-state index is -0.208. The van der Waals surface area contributed by atoms with Crippen molar-refractivity contribution in [2.24, 2.45) is 0 Å². The monoisotopic (exact) mass is 301 g/mol. The quantitative estimate of drug-likeness (QED) is 0.754. The van der Waals surface area contributed by atoms with Crippen LogP contribution in [0.2, 0.25) is 0 Å². The smallest absolute Gasteiger partial charge is 0.252 e. The zero-order valence-corrected chi connectivity index (χ0v) is 13.2. The van der Waals surface area contributed by atoms with Gasteiger partial charge in [0, 0.05) is 5.56 Å². The minimum Gasteiger partial charge on any atom is -0.342 e.